The summed E-state index contributed by atoms with van der Waals surface area (Å²) >= 11 is 0. The Morgan fingerprint density at radius 2 is 2.09 bits per heavy atom. The first-order valence-corrected chi connectivity index (χ1v) is 7.02. The molecule has 1 aliphatic heterocycles. The van der Waals surface area contributed by atoms with Gasteiger partial charge in [0.25, 0.3) is 0 Å². The van der Waals surface area contributed by atoms with Crippen molar-refractivity contribution < 1.29 is 9.32 Å². The molecule has 2 aromatic rings. The van der Waals surface area contributed by atoms with Gasteiger partial charge in [-0.1, -0.05) is 5.16 Å². The summed E-state index contributed by atoms with van der Waals surface area (Å²) in [5, 5.41) is 14.7. The smallest absolute Gasteiger partial charge is 0.250 e. The molecule has 0 radical (unpaired) electrons. The molecule has 22 heavy (non-hydrogen) atoms. The molecule has 1 saturated heterocycles. The molecule has 116 valence electrons. The van der Waals surface area contributed by atoms with Crippen molar-refractivity contribution >= 4 is 23.5 Å². The Morgan fingerprint density at radius 1 is 1.32 bits per heavy atom. The SMILES string of the molecule is CC(=O)N1CCN(c2cnnc(Nc3cc(C)on3)n2)CC1. The van der Waals surface area contributed by atoms with E-state index in [0.717, 1.165) is 18.9 Å². The second-order valence-corrected chi connectivity index (χ2v) is 5.08. The maximum Gasteiger partial charge on any atom is 0.250 e. The predicted molar refractivity (Wildman–Crippen MR) is 78.8 cm³/mol. The normalized spacial score (nSPS) is 15.0. The van der Waals surface area contributed by atoms with E-state index in [4.69, 9.17) is 4.52 Å². The van der Waals surface area contributed by atoms with Gasteiger partial charge in [-0.15, -0.1) is 5.10 Å². The van der Waals surface area contributed by atoms with E-state index in [1.165, 1.54) is 0 Å². The zero-order valence-electron chi connectivity index (χ0n) is 12.5. The summed E-state index contributed by atoms with van der Waals surface area (Å²) in [6, 6.07) is 1.75. The molecule has 0 aliphatic carbocycles. The fourth-order valence-corrected chi connectivity index (χ4v) is 2.29. The highest BCUT2D eigenvalue weighted by atomic mass is 16.5. The number of anilines is 3. The summed E-state index contributed by atoms with van der Waals surface area (Å²) in [6.45, 7) is 6.21. The number of carbonyl (C=O) groups is 1. The first-order valence-electron chi connectivity index (χ1n) is 7.02. The molecule has 1 amide bonds. The van der Waals surface area contributed by atoms with Gasteiger partial charge in [0.1, 0.15) is 5.76 Å². The highest BCUT2D eigenvalue weighted by Gasteiger charge is 2.20. The summed E-state index contributed by atoms with van der Waals surface area (Å²) in [5.74, 6) is 2.43. The number of piperazine rings is 1. The van der Waals surface area contributed by atoms with E-state index >= 15 is 0 Å². The fraction of sp³-hybridized carbons (Fsp3) is 0.462. The summed E-state index contributed by atoms with van der Waals surface area (Å²) in [4.78, 5) is 19.7. The Bertz CT molecular complexity index is 664. The van der Waals surface area contributed by atoms with Crippen molar-refractivity contribution in [1.82, 2.24) is 25.2 Å². The quantitative estimate of drug-likeness (QED) is 0.879. The lowest BCUT2D eigenvalue weighted by Crippen LogP contribution is -2.48. The monoisotopic (exact) mass is 303 g/mol. The number of aromatic nitrogens is 4. The Hall–Kier alpha value is -2.71. The summed E-state index contributed by atoms with van der Waals surface area (Å²) in [6.07, 6.45) is 1.61. The highest BCUT2D eigenvalue weighted by Crippen LogP contribution is 2.16. The van der Waals surface area contributed by atoms with Gasteiger partial charge in [-0.05, 0) is 6.92 Å². The van der Waals surface area contributed by atoms with E-state index in [2.05, 4.69) is 30.6 Å². The van der Waals surface area contributed by atoms with Gasteiger partial charge in [0.15, 0.2) is 11.6 Å². The van der Waals surface area contributed by atoms with Crippen molar-refractivity contribution in [1.29, 1.82) is 0 Å². The van der Waals surface area contributed by atoms with Gasteiger partial charge in [0.2, 0.25) is 11.9 Å². The molecule has 9 heteroatoms. The van der Waals surface area contributed by atoms with Crippen LogP contribution in [-0.4, -0.2) is 57.3 Å². The van der Waals surface area contributed by atoms with Crippen LogP contribution < -0.4 is 10.2 Å². The standard InChI is InChI=1S/C13H17N7O2/c1-9-7-11(18-22-9)15-13-16-12(8-14-17-13)20-5-3-19(4-6-20)10(2)21/h7-8H,3-6H2,1-2H3,(H,15,16,17,18). The lowest BCUT2D eigenvalue weighted by Gasteiger charge is -2.34. The van der Waals surface area contributed by atoms with E-state index in [-0.39, 0.29) is 5.91 Å². The minimum Gasteiger partial charge on any atom is -0.360 e. The zero-order valence-corrected chi connectivity index (χ0v) is 12.5. The van der Waals surface area contributed by atoms with Crippen LogP contribution in [-0.2, 0) is 4.79 Å². The molecule has 0 aromatic carbocycles. The average Bonchev–Trinajstić information content (AvgIpc) is 2.93. The molecule has 0 unspecified atom stereocenters. The predicted octanol–water partition coefficient (Wildman–Crippen LogP) is 0.580. The minimum atomic E-state index is 0.101. The molecule has 1 aliphatic rings. The molecule has 0 spiro atoms. The van der Waals surface area contributed by atoms with Gasteiger partial charge in [-0.3, -0.25) is 4.79 Å². The van der Waals surface area contributed by atoms with Crippen LogP contribution in [0.4, 0.5) is 17.6 Å². The average molecular weight is 303 g/mol. The van der Waals surface area contributed by atoms with Crippen LogP contribution in [0.25, 0.3) is 0 Å². The van der Waals surface area contributed by atoms with Crippen LogP contribution in [0.1, 0.15) is 12.7 Å². The van der Waals surface area contributed by atoms with Gasteiger partial charge in [-0.2, -0.15) is 10.1 Å². The van der Waals surface area contributed by atoms with Gasteiger partial charge in [0, 0.05) is 39.2 Å². The van der Waals surface area contributed by atoms with Crippen molar-refractivity contribution in [2.24, 2.45) is 0 Å². The maximum absolute atomic E-state index is 11.3. The van der Waals surface area contributed by atoms with E-state index in [1.54, 1.807) is 19.2 Å². The number of hydrogen-bond donors (Lipinski definition) is 1. The number of carbonyl (C=O) groups excluding carboxylic acids is 1. The highest BCUT2D eigenvalue weighted by molar-refractivity contribution is 5.73. The van der Waals surface area contributed by atoms with Crippen LogP contribution in [0.15, 0.2) is 16.8 Å². The molecule has 2 aromatic heterocycles. The van der Waals surface area contributed by atoms with Crippen LogP contribution in [0.3, 0.4) is 0 Å². The molecule has 0 bridgehead atoms. The second-order valence-electron chi connectivity index (χ2n) is 5.08. The number of aryl methyl sites for hydroxylation is 1. The van der Waals surface area contributed by atoms with Crippen LogP contribution in [0.5, 0.6) is 0 Å². The lowest BCUT2D eigenvalue weighted by molar-refractivity contribution is -0.129. The van der Waals surface area contributed by atoms with Gasteiger partial charge in [0.05, 0.1) is 6.20 Å². The van der Waals surface area contributed by atoms with Gasteiger partial charge in [-0.25, -0.2) is 0 Å². The van der Waals surface area contributed by atoms with Crippen LogP contribution >= 0.6 is 0 Å². The summed E-state index contributed by atoms with van der Waals surface area (Å²) in [7, 11) is 0. The second kappa shape index (κ2) is 5.96. The number of amides is 1. The minimum absolute atomic E-state index is 0.101. The third kappa shape index (κ3) is 3.13. The molecule has 0 saturated carbocycles. The molecule has 9 nitrogen and oxygen atoms in total. The number of hydrogen-bond acceptors (Lipinski definition) is 8. The van der Waals surface area contributed by atoms with Crippen LogP contribution in [0.2, 0.25) is 0 Å². The topological polar surface area (TPSA) is 100 Å². The van der Waals surface area contributed by atoms with Crippen molar-refractivity contribution in [2.45, 2.75) is 13.8 Å². The third-order valence-electron chi connectivity index (χ3n) is 3.46. The molecular formula is C13H17N7O2. The Morgan fingerprint density at radius 3 is 2.73 bits per heavy atom. The van der Waals surface area contributed by atoms with E-state index in [1.807, 2.05) is 11.8 Å². The Balaban J connectivity index is 1.68. The van der Waals surface area contributed by atoms with Gasteiger partial charge >= 0.3 is 0 Å². The lowest BCUT2D eigenvalue weighted by atomic mass is 10.3. The van der Waals surface area contributed by atoms with Crippen molar-refractivity contribution in [3.8, 4) is 0 Å². The molecule has 0 atom stereocenters. The Kier molecular flexibility index (Phi) is 3.86. The molecule has 3 heterocycles. The number of nitrogens with one attached hydrogen (secondary N) is 1. The summed E-state index contributed by atoms with van der Waals surface area (Å²) in [5.41, 5.74) is 0. The molecule has 1 N–H and O–H groups in total. The van der Waals surface area contributed by atoms with Gasteiger partial charge < -0.3 is 19.6 Å². The van der Waals surface area contributed by atoms with Crippen molar-refractivity contribution in [3.05, 3.63) is 18.0 Å². The summed E-state index contributed by atoms with van der Waals surface area (Å²) < 4.78 is 4.98. The maximum atomic E-state index is 11.3. The number of nitrogens with zero attached hydrogens (tertiary/aromatic N) is 6. The first-order chi connectivity index (χ1) is 10.6. The van der Waals surface area contributed by atoms with Crippen LogP contribution in [0, 0.1) is 6.92 Å². The first kappa shape index (κ1) is 14.2. The zero-order chi connectivity index (χ0) is 15.5. The van der Waals surface area contributed by atoms with E-state index in [9.17, 15) is 4.79 Å². The van der Waals surface area contributed by atoms with E-state index in [0.29, 0.717) is 30.6 Å². The largest absolute Gasteiger partial charge is 0.360 e. The van der Waals surface area contributed by atoms with Crippen molar-refractivity contribution in [3.63, 3.8) is 0 Å². The van der Waals surface area contributed by atoms with Crippen molar-refractivity contribution in [2.75, 3.05) is 36.4 Å². The number of rotatable bonds is 3. The fourth-order valence-electron chi connectivity index (χ4n) is 2.29. The van der Waals surface area contributed by atoms with E-state index < -0.39 is 0 Å². The molecular weight excluding hydrogens is 286 g/mol. The Labute approximate surface area is 127 Å². The molecule has 1 fully saturated rings. The molecule has 3 rings (SSSR count). The third-order valence-corrected chi connectivity index (χ3v) is 3.46.